The van der Waals surface area contributed by atoms with Gasteiger partial charge in [0, 0.05) is 12.4 Å². The maximum Gasteiger partial charge on any atom is 0.235 e. The summed E-state index contributed by atoms with van der Waals surface area (Å²) in [6.07, 6.45) is 3.35. The van der Waals surface area contributed by atoms with Gasteiger partial charge in [0.25, 0.3) is 0 Å². The summed E-state index contributed by atoms with van der Waals surface area (Å²) in [6.45, 7) is 0.400. The number of amides is 1. The van der Waals surface area contributed by atoms with Gasteiger partial charge in [-0.05, 0) is 25.7 Å². The van der Waals surface area contributed by atoms with Crippen LogP contribution in [0.5, 0.6) is 0 Å². The number of hydrogen-bond acceptors (Lipinski definition) is 3. The summed E-state index contributed by atoms with van der Waals surface area (Å²) in [5, 5.41) is 0. The molecule has 7 heteroatoms. The number of rotatable bonds is 6. The van der Waals surface area contributed by atoms with Gasteiger partial charge in [-0.15, -0.1) is 11.6 Å². The van der Waals surface area contributed by atoms with Crippen molar-refractivity contribution in [1.29, 1.82) is 0 Å². The summed E-state index contributed by atoms with van der Waals surface area (Å²) in [5.74, 6) is -0.0521. The zero-order chi connectivity index (χ0) is 12.9. The number of piperidine rings is 1. The molecule has 1 aliphatic heterocycles. The van der Waals surface area contributed by atoms with Crippen LogP contribution in [0, 0.1) is 0 Å². The van der Waals surface area contributed by atoms with Gasteiger partial charge in [0.1, 0.15) is 6.04 Å². The lowest BCUT2D eigenvalue weighted by Crippen LogP contribution is -2.51. The number of unbranched alkanes of at least 4 members (excludes halogenated alkanes) is 1. The minimum absolute atomic E-state index is 0.0451. The number of carbonyl (C=O) groups excluding carboxylic acids is 1. The Labute approximate surface area is 107 Å². The molecule has 0 aromatic carbocycles. The first kappa shape index (κ1) is 14.7. The van der Waals surface area contributed by atoms with Crippen LogP contribution in [0.1, 0.15) is 32.1 Å². The topological polar surface area (TPSA) is 80.5 Å². The van der Waals surface area contributed by atoms with Crippen LogP contribution >= 0.6 is 11.6 Å². The Kier molecular flexibility index (Phi) is 5.69. The number of primary amides is 1. The van der Waals surface area contributed by atoms with Gasteiger partial charge >= 0.3 is 0 Å². The van der Waals surface area contributed by atoms with Crippen LogP contribution in [0.3, 0.4) is 0 Å². The molecule has 2 N–H and O–H groups in total. The average Bonchev–Trinajstić information content (AvgIpc) is 2.29. The van der Waals surface area contributed by atoms with Crippen molar-refractivity contribution >= 4 is 27.5 Å². The fraction of sp³-hybridized carbons (Fsp3) is 0.900. The van der Waals surface area contributed by atoms with Crippen LogP contribution in [0.25, 0.3) is 0 Å². The van der Waals surface area contributed by atoms with E-state index in [0.717, 1.165) is 12.8 Å². The molecule has 0 spiro atoms. The highest BCUT2D eigenvalue weighted by molar-refractivity contribution is 7.89. The maximum atomic E-state index is 12.1. The van der Waals surface area contributed by atoms with Gasteiger partial charge in [0.15, 0.2) is 0 Å². The fourth-order valence-corrected chi connectivity index (χ4v) is 4.02. The first-order valence-corrected chi connectivity index (χ1v) is 7.98. The third kappa shape index (κ3) is 4.12. The van der Waals surface area contributed by atoms with Gasteiger partial charge in [-0.1, -0.05) is 6.42 Å². The molecular weight excluding hydrogens is 264 g/mol. The van der Waals surface area contributed by atoms with Crippen molar-refractivity contribution in [3.8, 4) is 0 Å². The summed E-state index contributed by atoms with van der Waals surface area (Å²) in [7, 11) is -3.38. The van der Waals surface area contributed by atoms with Crippen LogP contribution in [0.4, 0.5) is 0 Å². The Morgan fingerprint density at radius 2 is 2.06 bits per heavy atom. The molecule has 1 rings (SSSR count). The Balaban J connectivity index is 2.69. The van der Waals surface area contributed by atoms with Gasteiger partial charge in [0.05, 0.1) is 5.75 Å². The number of halogens is 1. The van der Waals surface area contributed by atoms with E-state index in [1.54, 1.807) is 0 Å². The zero-order valence-corrected chi connectivity index (χ0v) is 11.3. The van der Waals surface area contributed by atoms with E-state index in [4.69, 9.17) is 17.3 Å². The number of nitrogens with zero attached hydrogens (tertiary/aromatic N) is 1. The summed E-state index contributed by atoms with van der Waals surface area (Å²) >= 11 is 5.51. The minimum Gasteiger partial charge on any atom is -0.368 e. The van der Waals surface area contributed by atoms with E-state index in [1.165, 1.54) is 4.31 Å². The van der Waals surface area contributed by atoms with Crippen molar-refractivity contribution in [2.45, 2.75) is 38.1 Å². The van der Waals surface area contributed by atoms with Gasteiger partial charge in [0.2, 0.25) is 15.9 Å². The normalized spacial score (nSPS) is 22.5. The second-order valence-electron chi connectivity index (χ2n) is 4.24. The molecule has 100 valence electrons. The molecule has 5 nitrogen and oxygen atoms in total. The first-order valence-electron chi connectivity index (χ1n) is 5.84. The van der Waals surface area contributed by atoms with Crippen LogP contribution in [-0.4, -0.2) is 42.8 Å². The van der Waals surface area contributed by atoms with Crippen LogP contribution in [-0.2, 0) is 14.8 Å². The third-order valence-corrected chi connectivity index (χ3v) is 5.15. The van der Waals surface area contributed by atoms with Crippen molar-refractivity contribution in [1.82, 2.24) is 4.31 Å². The first-order chi connectivity index (χ1) is 7.99. The average molecular weight is 283 g/mol. The van der Waals surface area contributed by atoms with Crippen molar-refractivity contribution in [3.63, 3.8) is 0 Å². The maximum absolute atomic E-state index is 12.1. The predicted molar refractivity (Wildman–Crippen MR) is 67.3 cm³/mol. The lowest BCUT2D eigenvalue weighted by Gasteiger charge is -2.32. The molecule has 17 heavy (non-hydrogen) atoms. The minimum atomic E-state index is -3.38. The smallest absolute Gasteiger partial charge is 0.235 e. The molecule has 1 heterocycles. The SMILES string of the molecule is NC(=O)C1CCCCN1S(=O)(=O)CCCCCl. The van der Waals surface area contributed by atoms with Crippen LogP contribution in [0.15, 0.2) is 0 Å². The molecule has 1 atom stereocenters. The van der Waals surface area contributed by atoms with E-state index in [0.29, 0.717) is 31.7 Å². The lowest BCUT2D eigenvalue weighted by molar-refractivity contribution is -0.122. The van der Waals surface area contributed by atoms with Crippen LogP contribution in [0.2, 0.25) is 0 Å². The Hall–Kier alpha value is -0.330. The van der Waals surface area contributed by atoms with Crippen molar-refractivity contribution in [3.05, 3.63) is 0 Å². The van der Waals surface area contributed by atoms with E-state index < -0.39 is 22.0 Å². The molecule has 0 radical (unpaired) electrons. The van der Waals surface area contributed by atoms with Gasteiger partial charge in [-0.3, -0.25) is 4.79 Å². The van der Waals surface area contributed by atoms with E-state index in [2.05, 4.69) is 0 Å². The molecule has 0 aromatic heterocycles. The molecule has 0 bridgehead atoms. The second-order valence-corrected chi connectivity index (χ2v) is 6.66. The van der Waals surface area contributed by atoms with Gasteiger partial charge in [-0.2, -0.15) is 4.31 Å². The summed E-state index contributed by atoms with van der Waals surface area (Å²) in [5.41, 5.74) is 5.24. The second kappa shape index (κ2) is 6.56. The summed E-state index contributed by atoms with van der Waals surface area (Å²) < 4.78 is 25.4. The van der Waals surface area contributed by atoms with E-state index in [9.17, 15) is 13.2 Å². The van der Waals surface area contributed by atoms with Crippen molar-refractivity contribution < 1.29 is 13.2 Å². The Bertz CT molecular complexity index is 359. The number of nitrogens with two attached hydrogens (primary N) is 1. The van der Waals surface area contributed by atoms with Crippen LogP contribution < -0.4 is 5.73 Å². The molecule has 0 aromatic rings. The highest BCUT2D eigenvalue weighted by atomic mass is 35.5. The molecule has 1 aliphatic rings. The number of sulfonamides is 1. The predicted octanol–water partition coefficient (Wildman–Crippen LogP) is 0.675. The molecular formula is C10H19ClN2O3S. The molecule has 1 saturated heterocycles. The quantitative estimate of drug-likeness (QED) is 0.574. The fourth-order valence-electron chi connectivity index (χ4n) is 2.02. The van der Waals surface area contributed by atoms with Gasteiger partial charge in [-0.25, -0.2) is 8.42 Å². The van der Waals surface area contributed by atoms with E-state index >= 15 is 0 Å². The third-order valence-electron chi connectivity index (χ3n) is 2.93. The number of hydrogen-bond donors (Lipinski definition) is 1. The zero-order valence-electron chi connectivity index (χ0n) is 9.77. The Morgan fingerprint density at radius 3 is 2.65 bits per heavy atom. The summed E-state index contributed by atoms with van der Waals surface area (Å²) in [6, 6.07) is -0.662. The lowest BCUT2D eigenvalue weighted by atomic mass is 10.0. The molecule has 1 fully saturated rings. The summed E-state index contributed by atoms with van der Waals surface area (Å²) in [4.78, 5) is 11.2. The van der Waals surface area contributed by atoms with E-state index in [-0.39, 0.29) is 5.75 Å². The molecule has 0 aliphatic carbocycles. The number of carbonyl (C=O) groups is 1. The van der Waals surface area contributed by atoms with Crippen molar-refractivity contribution in [2.24, 2.45) is 5.73 Å². The van der Waals surface area contributed by atoms with E-state index in [1.807, 2.05) is 0 Å². The van der Waals surface area contributed by atoms with Gasteiger partial charge < -0.3 is 5.73 Å². The molecule has 1 unspecified atom stereocenters. The highest BCUT2D eigenvalue weighted by Crippen LogP contribution is 2.21. The number of alkyl halides is 1. The van der Waals surface area contributed by atoms with Crippen molar-refractivity contribution in [2.75, 3.05) is 18.2 Å². The Morgan fingerprint density at radius 1 is 1.35 bits per heavy atom. The highest BCUT2D eigenvalue weighted by Gasteiger charge is 2.34. The largest absolute Gasteiger partial charge is 0.368 e. The monoisotopic (exact) mass is 282 g/mol. The molecule has 0 saturated carbocycles. The standard InChI is InChI=1S/C10H19ClN2O3S/c11-6-2-4-8-17(15,16)13-7-3-1-5-9(13)10(12)14/h9H,1-8H2,(H2,12,14). The molecule has 1 amide bonds.